The van der Waals surface area contributed by atoms with E-state index in [1.165, 1.54) is 6.07 Å². The first kappa shape index (κ1) is 11.6. The number of fused-ring (bicyclic) bond motifs is 1. The average Bonchev–Trinajstić information content (AvgIpc) is 2.41. The van der Waals surface area contributed by atoms with Crippen LogP contribution in [0.3, 0.4) is 0 Å². The van der Waals surface area contributed by atoms with Gasteiger partial charge in [0.2, 0.25) is 0 Å². The maximum Gasteiger partial charge on any atom is 0.265 e. The first-order valence-corrected chi connectivity index (χ1v) is 5.89. The Hall–Kier alpha value is -2.53. The van der Waals surface area contributed by atoms with Crippen molar-refractivity contribution in [3.05, 3.63) is 59.2 Å². The predicted octanol–water partition coefficient (Wildman–Crippen LogP) is 1.31. The molecular formula is C14H13N3O2. The van der Waals surface area contributed by atoms with Crippen LogP contribution in [-0.2, 0) is 0 Å². The van der Waals surface area contributed by atoms with Crippen LogP contribution in [0.25, 0.3) is 0 Å². The van der Waals surface area contributed by atoms with Crippen LogP contribution in [0.5, 0.6) is 5.75 Å². The van der Waals surface area contributed by atoms with Gasteiger partial charge in [-0.1, -0.05) is 18.2 Å². The number of hydrogen-bond acceptors (Lipinski definition) is 4. The zero-order valence-electron chi connectivity index (χ0n) is 10.1. The van der Waals surface area contributed by atoms with Crippen molar-refractivity contribution >= 4 is 11.6 Å². The number of carbonyl (C=O) groups excluding carboxylic acids is 1. The molecule has 0 fully saturated rings. The van der Waals surface area contributed by atoms with Crippen LogP contribution < -0.4 is 16.6 Å². The average molecular weight is 255 g/mol. The van der Waals surface area contributed by atoms with Gasteiger partial charge in [0.1, 0.15) is 5.75 Å². The SMILES string of the molecule is Nc1ccc(C2NNC(=O)c3cc(O)ccc32)cc1. The third-order valence-corrected chi connectivity index (χ3v) is 3.19. The standard InChI is InChI=1S/C14H13N3O2/c15-9-3-1-8(2-4-9)13-11-6-5-10(18)7-12(11)14(19)17-16-13/h1-7,13,16,18H,15H2,(H,17,19). The first-order valence-electron chi connectivity index (χ1n) is 5.89. The van der Waals surface area contributed by atoms with E-state index in [0.717, 1.165) is 11.1 Å². The van der Waals surface area contributed by atoms with Crippen LogP contribution in [0.1, 0.15) is 27.5 Å². The number of rotatable bonds is 1. The lowest BCUT2D eigenvalue weighted by molar-refractivity contribution is 0.0912. The van der Waals surface area contributed by atoms with Crippen molar-refractivity contribution in [2.75, 3.05) is 5.73 Å². The molecule has 1 unspecified atom stereocenters. The second kappa shape index (κ2) is 4.29. The first-order chi connectivity index (χ1) is 9.15. The van der Waals surface area contributed by atoms with Crippen LogP contribution in [0.4, 0.5) is 5.69 Å². The Balaban J connectivity index is 2.08. The number of phenolic OH excluding ortho intramolecular Hbond substituents is 1. The molecule has 0 saturated carbocycles. The lowest BCUT2D eigenvalue weighted by Crippen LogP contribution is -2.45. The molecule has 0 saturated heterocycles. The second-order valence-electron chi connectivity index (χ2n) is 4.47. The van der Waals surface area contributed by atoms with Gasteiger partial charge in [0, 0.05) is 11.3 Å². The van der Waals surface area contributed by atoms with E-state index in [0.29, 0.717) is 11.3 Å². The number of aromatic hydroxyl groups is 1. The Morgan fingerprint density at radius 3 is 2.58 bits per heavy atom. The number of anilines is 1. The Kier molecular flexibility index (Phi) is 2.61. The third-order valence-electron chi connectivity index (χ3n) is 3.19. The van der Waals surface area contributed by atoms with Crippen LogP contribution >= 0.6 is 0 Å². The van der Waals surface area contributed by atoms with Gasteiger partial charge in [-0.05, 0) is 35.4 Å². The molecule has 0 bridgehead atoms. The van der Waals surface area contributed by atoms with Crippen molar-refractivity contribution in [1.29, 1.82) is 0 Å². The van der Waals surface area contributed by atoms with Crippen LogP contribution in [0.2, 0.25) is 0 Å². The Bertz CT molecular complexity index is 638. The second-order valence-corrected chi connectivity index (χ2v) is 4.47. The maximum atomic E-state index is 11.8. The molecule has 19 heavy (non-hydrogen) atoms. The zero-order valence-corrected chi connectivity index (χ0v) is 10.1. The van der Waals surface area contributed by atoms with E-state index >= 15 is 0 Å². The van der Waals surface area contributed by atoms with E-state index in [-0.39, 0.29) is 17.7 Å². The number of amides is 1. The summed E-state index contributed by atoms with van der Waals surface area (Å²) in [5, 5.41) is 9.48. The molecular weight excluding hydrogens is 242 g/mol. The van der Waals surface area contributed by atoms with E-state index in [4.69, 9.17) is 5.73 Å². The molecule has 5 nitrogen and oxygen atoms in total. The molecule has 0 radical (unpaired) electrons. The quantitative estimate of drug-likeness (QED) is 0.579. The number of hydrogen-bond donors (Lipinski definition) is 4. The van der Waals surface area contributed by atoms with E-state index in [1.807, 2.05) is 24.3 Å². The predicted molar refractivity (Wildman–Crippen MR) is 71.4 cm³/mol. The summed E-state index contributed by atoms with van der Waals surface area (Å²) < 4.78 is 0. The number of nitrogens with two attached hydrogens (primary N) is 1. The summed E-state index contributed by atoms with van der Waals surface area (Å²) in [6, 6.07) is 12.1. The largest absolute Gasteiger partial charge is 0.508 e. The molecule has 2 aromatic rings. The lowest BCUT2D eigenvalue weighted by atomic mass is 9.93. The molecule has 1 aliphatic heterocycles. The van der Waals surface area contributed by atoms with Crippen molar-refractivity contribution in [2.45, 2.75) is 6.04 Å². The number of nitrogens with one attached hydrogen (secondary N) is 2. The fourth-order valence-corrected chi connectivity index (χ4v) is 2.23. The van der Waals surface area contributed by atoms with E-state index in [2.05, 4.69) is 10.9 Å². The summed E-state index contributed by atoms with van der Waals surface area (Å²) in [6.45, 7) is 0. The summed E-state index contributed by atoms with van der Waals surface area (Å²) in [6.07, 6.45) is 0. The smallest absolute Gasteiger partial charge is 0.265 e. The van der Waals surface area contributed by atoms with Gasteiger partial charge in [-0.25, -0.2) is 5.43 Å². The molecule has 0 spiro atoms. The summed E-state index contributed by atoms with van der Waals surface area (Å²) in [7, 11) is 0. The van der Waals surface area contributed by atoms with Crippen molar-refractivity contribution in [3.63, 3.8) is 0 Å². The van der Waals surface area contributed by atoms with E-state index in [9.17, 15) is 9.90 Å². The maximum absolute atomic E-state index is 11.8. The highest BCUT2D eigenvalue weighted by atomic mass is 16.3. The van der Waals surface area contributed by atoms with Crippen LogP contribution in [0, 0.1) is 0 Å². The Morgan fingerprint density at radius 1 is 1.11 bits per heavy atom. The van der Waals surface area contributed by atoms with Gasteiger partial charge >= 0.3 is 0 Å². The molecule has 2 aromatic carbocycles. The highest BCUT2D eigenvalue weighted by Crippen LogP contribution is 2.29. The molecule has 1 aliphatic rings. The van der Waals surface area contributed by atoms with Crippen molar-refractivity contribution in [3.8, 4) is 5.75 Å². The molecule has 5 N–H and O–H groups in total. The molecule has 5 heteroatoms. The molecule has 0 aromatic heterocycles. The van der Waals surface area contributed by atoms with Crippen molar-refractivity contribution in [2.24, 2.45) is 0 Å². The molecule has 3 rings (SSSR count). The minimum atomic E-state index is -0.252. The fourth-order valence-electron chi connectivity index (χ4n) is 2.23. The van der Waals surface area contributed by atoms with Gasteiger partial charge in [0.25, 0.3) is 5.91 Å². The van der Waals surface area contributed by atoms with Gasteiger partial charge in [0.15, 0.2) is 0 Å². The number of hydrazine groups is 1. The Labute approximate surface area is 110 Å². The van der Waals surface area contributed by atoms with E-state index < -0.39 is 0 Å². The molecule has 1 amide bonds. The minimum absolute atomic E-state index is 0.0758. The zero-order chi connectivity index (χ0) is 13.4. The number of nitrogen functional groups attached to an aromatic ring is 1. The van der Waals surface area contributed by atoms with Crippen molar-refractivity contribution in [1.82, 2.24) is 10.9 Å². The summed E-state index contributed by atoms with van der Waals surface area (Å²) in [5.74, 6) is -0.176. The monoisotopic (exact) mass is 255 g/mol. The molecule has 1 atom stereocenters. The van der Waals surface area contributed by atoms with Gasteiger partial charge in [-0.2, -0.15) is 0 Å². The normalized spacial score (nSPS) is 17.7. The minimum Gasteiger partial charge on any atom is -0.508 e. The third kappa shape index (κ3) is 2.00. The van der Waals surface area contributed by atoms with Gasteiger partial charge < -0.3 is 10.8 Å². The lowest BCUT2D eigenvalue weighted by Gasteiger charge is -2.27. The number of benzene rings is 2. The van der Waals surface area contributed by atoms with Gasteiger partial charge in [-0.15, -0.1) is 0 Å². The summed E-state index contributed by atoms with van der Waals surface area (Å²) >= 11 is 0. The molecule has 1 heterocycles. The van der Waals surface area contributed by atoms with Crippen molar-refractivity contribution < 1.29 is 9.90 Å². The van der Waals surface area contributed by atoms with Gasteiger partial charge in [0.05, 0.1) is 6.04 Å². The van der Waals surface area contributed by atoms with Crippen LogP contribution in [0.15, 0.2) is 42.5 Å². The fraction of sp³-hybridized carbons (Fsp3) is 0.0714. The van der Waals surface area contributed by atoms with Crippen LogP contribution in [-0.4, -0.2) is 11.0 Å². The van der Waals surface area contributed by atoms with E-state index in [1.54, 1.807) is 12.1 Å². The number of phenols is 1. The highest BCUT2D eigenvalue weighted by Gasteiger charge is 2.26. The Morgan fingerprint density at radius 2 is 1.84 bits per heavy atom. The molecule has 96 valence electrons. The topological polar surface area (TPSA) is 87.4 Å². The summed E-state index contributed by atoms with van der Waals surface area (Å²) in [5.41, 5.74) is 14.2. The highest BCUT2D eigenvalue weighted by molar-refractivity contribution is 5.97. The molecule has 0 aliphatic carbocycles. The van der Waals surface area contributed by atoms with Gasteiger partial charge in [-0.3, -0.25) is 10.2 Å². The summed E-state index contributed by atoms with van der Waals surface area (Å²) in [4.78, 5) is 11.8. The number of carbonyl (C=O) groups is 1.